The molecule has 0 saturated heterocycles. The van der Waals surface area contributed by atoms with Crippen molar-refractivity contribution in [3.8, 4) is 0 Å². The van der Waals surface area contributed by atoms with Crippen molar-refractivity contribution >= 4 is 38.2 Å². The number of hydrogen-bond acceptors (Lipinski definition) is 1. The molecule has 0 aliphatic carbocycles. The van der Waals surface area contributed by atoms with Crippen molar-refractivity contribution in [2.75, 3.05) is 0 Å². The summed E-state index contributed by atoms with van der Waals surface area (Å²) in [5, 5.41) is 3.85. The van der Waals surface area contributed by atoms with Crippen LogP contribution in [-0.4, -0.2) is 16.1 Å². The normalized spacial score (nSPS) is 17.4. The molecule has 0 nitrogen and oxygen atoms in total. The number of benzene rings is 1. The van der Waals surface area contributed by atoms with E-state index in [-0.39, 0.29) is 0 Å². The molecular weight excluding hydrogens is 292 g/mol. The van der Waals surface area contributed by atoms with Gasteiger partial charge in [0.15, 0.2) is 0 Å². The predicted octanol–water partition coefficient (Wildman–Crippen LogP) is 4.90. The van der Waals surface area contributed by atoms with Crippen molar-refractivity contribution in [3.05, 3.63) is 57.0 Å². The number of fused-ring (bicyclic) bond motifs is 1. The van der Waals surface area contributed by atoms with E-state index in [2.05, 4.69) is 74.5 Å². The van der Waals surface area contributed by atoms with Crippen LogP contribution in [0.2, 0.25) is 32.7 Å². The summed E-state index contributed by atoms with van der Waals surface area (Å²) in [6, 6.07) is 13.6. The van der Waals surface area contributed by atoms with Crippen molar-refractivity contribution < 1.29 is 0 Å². The Morgan fingerprint density at radius 2 is 1.65 bits per heavy atom. The van der Waals surface area contributed by atoms with E-state index in [0.29, 0.717) is 0 Å². The summed E-state index contributed by atoms with van der Waals surface area (Å²) in [4.78, 5) is 3.31. The molecule has 20 heavy (non-hydrogen) atoms. The highest BCUT2D eigenvalue weighted by atomic mass is 32.1. The van der Waals surface area contributed by atoms with Crippen LogP contribution in [0.1, 0.15) is 10.4 Å². The fourth-order valence-corrected chi connectivity index (χ4v) is 16.3. The Morgan fingerprint density at radius 3 is 2.25 bits per heavy atom. The minimum atomic E-state index is -1.50. The standard InChI is InChI=1S/C17H22SSi2/c1-19(2,3)17-16(14-10-8-12-18-14)13-9-6-7-11-15(13)20(17,4)5/h6-12H,1-5H3. The average molecular weight is 315 g/mol. The first-order valence-corrected chi connectivity index (χ1v) is 14.6. The third-order valence-corrected chi connectivity index (χ3v) is 14.3. The molecule has 0 spiro atoms. The maximum atomic E-state index is 2.54. The van der Waals surface area contributed by atoms with Crippen LogP contribution in [0.15, 0.2) is 46.6 Å². The molecule has 1 aliphatic heterocycles. The van der Waals surface area contributed by atoms with Crippen LogP contribution >= 0.6 is 11.3 Å². The van der Waals surface area contributed by atoms with E-state index in [1.807, 2.05) is 16.2 Å². The summed E-state index contributed by atoms with van der Waals surface area (Å²) in [6.45, 7) is 12.6. The zero-order valence-corrected chi connectivity index (χ0v) is 15.8. The second kappa shape index (κ2) is 4.55. The number of rotatable bonds is 2. The van der Waals surface area contributed by atoms with Gasteiger partial charge in [-0.3, -0.25) is 0 Å². The summed E-state index contributed by atoms with van der Waals surface area (Å²) in [5.41, 5.74) is 3.11. The highest BCUT2D eigenvalue weighted by molar-refractivity contribution is 7.15. The fourth-order valence-electron chi connectivity index (χ4n) is 3.82. The minimum absolute atomic E-state index is 1.33. The molecule has 0 bridgehead atoms. The Morgan fingerprint density at radius 1 is 0.950 bits per heavy atom. The van der Waals surface area contributed by atoms with Gasteiger partial charge in [0.1, 0.15) is 8.07 Å². The smallest absolute Gasteiger partial charge is 0.105 e. The SMILES string of the molecule is C[Si](C)(C)C1=C(c2cccs2)c2ccccc2[Si]1(C)C. The largest absolute Gasteiger partial charge is 0.144 e. The molecule has 1 aliphatic rings. The van der Waals surface area contributed by atoms with Crippen LogP contribution in [0.3, 0.4) is 0 Å². The van der Waals surface area contributed by atoms with Crippen molar-refractivity contribution in [2.45, 2.75) is 32.7 Å². The van der Waals surface area contributed by atoms with E-state index in [1.54, 1.807) is 10.8 Å². The van der Waals surface area contributed by atoms with Crippen molar-refractivity contribution in [1.29, 1.82) is 0 Å². The maximum absolute atomic E-state index is 2.54. The molecule has 0 unspecified atom stereocenters. The van der Waals surface area contributed by atoms with E-state index in [1.165, 1.54) is 10.4 Å². The van der Waals surface area contributed by atoms with Crippen LogP contribution in [0.25, 0.3) is 5.57 Å². The summed E-state index contributed by atoms with van der Waals surface area (Å²) >= 11 is 1.89. The summed E-state index contributed by atoms with van der Waals surface area (Å²) < 4.78 is 0. The highest BCUT2D eigenvalue weighted by Crippen LogP contribution is 2.43. The molecule has 2 aromatic rings. The van der Waals surface area contributed by atoms with Crippen LogP contribution < -0.4 is 5.19 Å². The van der Waals surface area contributed by atoms with Gasteiger partial charge in [-0.2, -0.15) is 0 Å². The molecule has 3 heteroatoms. The Balaban J connectivity index is 2.38. The summed E-state index contributed by atoms with van der Waals surface area (Å²) in [7, 11) is -2.83. The lowest BCUT2D eigenvalue weighted by atomic mass is 10.1. The van der Waals surface area contributed by atoms with E-state index < -0.39 is 16.1 Å². The van der Waals surface area contributed by atoms with Crippen LogP contribution in [0, 0.1) is 0 Å². The van der Waals surface area contributed by atoms with E-state index in [0.717, 1.165) is 0 Å². The third kappa shape index (κ3) is 2.00. The number of hydrogen-bond donors (Lipinski definition) is 0. The zero-order chi connectivity index (χ0) is 14.5. The Bertz CT molecular complexity index is 673. The van der Waals surface area contributed by atoms with E-state index >= 15 is 0 Å². The molecule has 104 valence electrons. The molecular formula is C17H22SSi2. The lowest BCUT2D eigenvalue weighted by molar-refractivity contribution is 1.66. The van der Waals surface area contributed by atoms with Gasteiger partial charge in [0.2, 0.25) is 0 Å². The van der Waals surface area contributed by atoms with Crippen molar-refractivity contribution in [2.24, 2.45) is 0 Å². The van der Waals surface area contributed by atoms with Gasteiger partial charge in [0.05, 0.1) is 8.07 Å². The molecule has 1 aromatic heterocycles. The second-order valence-corrected chi connectivity index (χ2v) is 17.9. The van der Waals surface area contributed by atoms with Crippen LogP contribution in [0.5, 0.6) is 0 Å². The number of thiophene rings is 1. The van der Waals surface area contributed by atoms with Crippen molar-refractivity contribution in [1.82, 2.24) is 0 Å². The predicted molar refractivity (Wildman–Crippen MR) is 97.2 cm³/mol. The molecule has 3 rings (SSSR count). The lowest BCUT2D eigenvalue weighted by Gasteiger charge is -2.31. The van der Waals surface area contributed by atoms with Gasteiger partial charge < -0.3 is 0 Å². The monoisotopic (exact) mass is 314 g/mol. The van der Waals surface area contributed by atoms with Crippen LogP contribution in [0.4, 0.5) is 0 Å². The Hall–Kier alpha value is -0.906. The first kappa shape index (κ1) is 14.0. The van der Waals surface area contributed by atoms with Gasteiger partial charge in [-0.05, 0) is 27.8 Å². The fraction of sp³-hybridized carbons (Fsp3) is 0.294. The third-order valence-electron chi connectivity index (χ3n) is 4.26. The van der Waals surface area contributed by atoms with Gasteiger partial charge in [0, 0.05) is 4.88 Å². The van der Waals surface area contributed by atoms with Gasteiger partial charge in [-0.15, -0.1) is 11.3 Å². The lowest BCUT2D eigenvalue weighted by Crippen LogP contribution is -2.48. The highest BCUT2D eigenvalue weighted by Gasteiger charge is 2.45. The first-order valence-electron chi connectivity index (χ1n) is 7.22. The average Bonchev–Trinajstić information content (AvgIpc) is 2.93. The van der Waals surface area contributed by atoms with Crippen molar-refractivity contribution in [3.63, 3.8) is 0 Å². The van der Waals surface area contributed by atoms with Gasteiger partial charge in [-0.25, -0.2) is 0 Å². The quantitative estimate of drug-likeness (QED) is 0.692. The molecule has 0 amide bonds. The summed E-state index contributed by atoms with van der Waals surface area (Å²) in [6.07, 6.45) is 0. The van der Waals surface area contributed by atoms with Crippen LogP contribution in [-0.2, 0) is 0 Å². The first-order chi connectivity index (χ1) is 9.33. The topological polar surface area (TPSA) is 0 Å². The maximum Gasteiger partial charge on any atom is 0.105 e. The minimum Gasteiger partial charge on any atom is -0.144 e. The van der Waals surface area contributed by atoms with Gasteiger partial charge in [0.25, 0.3) is 0 Å². The summed E-state index contributed by atoms with van der Waals surface area (Å²) in [5.74, 6) is 0. The molecule has 2 heterocycles. The van der Waals surface area contributed by atoms with E-state index in [4.69, 9.17) is 0 Å². The Kier molecular flexibility index (Phi) is 3.19. The van der Waals surface area contributed by atoms with Gasteiger partial charge in [-0.1, -0.05) is 67.9 Å². The molecule has 0 atom stereocenters. The molecule has 1 aromatic carbocycles. The van der Waals surface area contributed by atoms with E-state index in [9.17, 15) is 0 Å². The molecule has 0 fully saturated rings. The van der Waals surface area contributed by atoms with Gasteiger partial charge >= 0.3 is 0 Å². The molecule has 0 N–H and O–H groups in total. The Labute approximate surface area is 128 Å². The molecule has 0 radical (unpaired) electrons. The molecule has 0 saturated carbocycles. The second-order valence-electron chi connectivity index (χ2n) is 7.15. The zero-order valence-electron chi connectivity index (χ0n) is 12.9.